The smallest absolute Gasteiger partial charge is 0.252 e. The second-order valence-electron chi connectivity index (χ2n) is 5.96. The Kier molecular flexibility index (Phi) is 3.30. The number of carbonyl (C=O) groups excluding carboxylic acids is 2. The van der Waals surface area contributed by atoms with E-state index in [1.165, 1.54) is 4.68 Å². The van der Waals surface area contributed by atoms with Crippen molar-refractivity contribution in [2.24, 2.45) is 5.92 Å². The van der Waals surface area contributed by atoms with E-state index in [9.17, 15) is 9.59 Å². The first-order valence-corrected chi connectivity index (χ1v) is 7.71. The van der Waals surface area contributed by atoms with E-state index >= 15 is 0 Å². The predicted molar refractivity (Wildman–Crippen MR) is 88.4 cm³/mol. The van der Waals surface area contributed by atoms with Gasteiger partial charge in [0.25, 0.3) is 5.91 Å². The van der Waals surface area contributed by atoms with Crippen LogP contribution < -0.4 is 11.1 Å². The van der Waals surface area contributed by atoms with Crippen LogP contribution in [0.3, 0.4) is 0 Å². The molecule has 2 aromatic heterocycles. The molecule has 0 bridgehead atoms. The maximum atomic E-state index is 12.5. The molecule has 0 unspecified atom stereocenters. The second kappa shape index (κ2) is 5.48. The third-order valence-electron chi connectivity index (χ3n) is 4.02. The van der Waals surface area contributed by atoms with E-state index in [0.29, 0.717) is 11.5 Å². The van der Waals surface area contributed by atoms with Gasteiger partial charge in [0.15, 0.2) is 5.82 Å². The molecule has 0 radical (unpaired) electrons. The summed E-state index contributed by atoms with van der Waals surface area (Å²) in [5.74, 6) is 0.266. The van der Waals surface area contributed by atoms with Gasteiger partial charge in [-0.25, -0.2) is 4.68 Å². The van der Waals surface area contributed by atoms with Gasteiger partial charge in [-0.2, -0.15) is 0 Å². The summed E-state index contributed by atoms with van der Waals surface area (Å²) in [6, 6.07) is 7.23. The van der Waals surface area contributed by atoms with Gasteiger partial charge in [0.05, 0.1) is 11.7 Å². The first kappa shape index (κ1) is 14.4. The minimum absolute atomic E-state index is 0.0282. The number of nitrogen functional groups attached to an aromatic ring is 1. The Hall–Kier alpha value is -3.16. The van der Waals surface area contributed by atoms with E-state index in [1.807, 2.05) is 18.2 Å². The number of fused-ring (bicyclic) bond motifs is 1. The number of carbonyl (C=O) groups is 2. The normalized spacial score (nSPS) is 14.0. The van der Waals surface area contributed by atoms with Gasteiger partial charge in [-0.3, -0.25) is 14.2 Å². The van der Waals surface area contributed by atoms with Crippen molar-refractivity contribution in [2.75, 3.05) is 11.1 Å². The average molecular weight is 324 g/mol. The molecule has 4 rings (SSSR count). The second-order valence-corrected chi connectivity index (χ2v) is 5.96. The highest BCUT2D eigenvalue weighted by Crippen LogP contribution is 2.29. The lowest BCUT2D eigenvalue weighted by atomic mass is 10.2. The number of anilines is 2. The summed E-state index contributed by atoms with van der Waals surface area (Å²) in [4.78, 5) is 24.2. The summed E-state index contributed by atoms with van der Waals surface area (Å²) in [6.07, 6.45) is 5.11. The van der Waals surface area contributed by atoms with Gasteiger partial charge in [0, 0.05) is 23.2 Å². The SMILES string of the molecule is Nc1ccc2c(ccn2C(=O)Cn2cc(NC(=O)C3CC3)nn2)c1. The molecule has 2 heterocycles. The van der Waals surface area contributed by atoms with Crippen molar-refractivity contribution in [3.8, 4) is 0 Å². The maximum absolute atomic E-state index is 12.5. The summed E-state index contributed by atoms with van der Waals surface area (Å²) >= 11 is 0. The molecule has 0 spiro atoms. The Bertz CT molecular complexity index is 937. The van der Waals surface area contributed by atoms with Crippen LogP contribution >= 0.6 is 0 Å². The van der Waals surface area contributed by atoms with Crippen LogP contribution in [-0.4, -0.2) is 31.4 Å². The van der Waals surface area contributed by atoms with Crippen LogP contribution in [0.25, 0.3) is 10.9 Å². The zero-order chi connectivity index (χ0) is 16.7. The first-order valence-electron chi connectivity index (χ1n) is 7.71. The van der Waals surface area contributed by atoms with Crippen molar-refractivity contribution in [3.05, 3.63) is 36.7 Å². The number of nitrogens with zero attached hydrogens (tertiary/aromatic N) is 4. The molecule has 3 N–H and O–H groups in total. The number of nitrogens with two attached hydrogens (primary N) is 1. The minimum Gasteiger partial charge on any atom is -0.399 e. The van der Waals surface area contributed by atoms with Crippen molar-refractivity contribution >= 4 is 34.2 Å². The molecule has 1 fully saturated rings. The van der Waals surface area contributed by atoms with Crippen molar-refractivity contribution in [2.45, 2.75) is 19.4 Å². The topological polar surface area (TPSA) is 108 Å². The molecular formula is C16H16N6O2. The molecule has 0 saturated heterocycles. The van der Waals surface area contributed by atoms with Crippen LogP contribution in [-0.2, 0) is 11.3 Å². The maximum Gasteiger partial charge on any atom is 0.252 e. The van der Waals surface area contributed by atoms with Gasteiger partial charge in [-0.1, -0.05) is 5.21 Å². The van der Waals surface area contributed by atoms with Gasteiger partial charge in [0.2, 0.25) is 5.91 Å². The number of nitrogens with one attached hydrogen (secondary N) is 1. The Morgan fingerprint density at radius 1 is 1.29 bits per heavy atom. The van der Waals surface area contributed by atoms with Crippen molar-refractivity contribution in [1.82, 2.24) is 19.6 Å². The number of amides is 1. The monoisotopic (exact) mass is 324 g/mol. The molecule has 0 aliphatic heterocycles. The Morgan fingerprint density at radius 3 is 2.92 bits per heavy atom. The molecule has 1 saturated carbocycles. The largest absolute Gasteiger partial charge is 0.399 e. The fraction of sp³-hybridized carbons (Fsp3) is 0.250. The third kappa shape index (κ3) is 2.73. The molecular weight excluding hydrogens is 308 g/mol. The van der Waals surface area contributed by atoms with Gasteiger partial charge in [-0.05, 0) is 37.1 Å². The van der Waals surface area contributed by atoms with Crippen molar-refractivity contribution in [3.63, 3.8) is 0 Å². The summed E-state index contributed by atoms with van der Waals surface area (Å²) in [6.45, 7) is 0.0282. The lowest BCUT2D eigenvalue weighted by molar-refractivity contribution is -0.117. The number of aromatic nitrogens is 4. The van der Waals surface area contributed by atoms with Gasteiger partial charge in [-0.15, -0.1) is 5.10 Å². The zero-order valence-electron chi connectivity index (χ0n) is 12.8. The summed E-state index contributed by atoms with van der Waals surface area (Å²) < 4.78 is 2.97. The molecule has 1 aliphatic rings. The van der Waals surface area contributed by atoms with E-state index in [0.717, 1.165) is 23.7 Å². The van der Waals surface area contributed by atoms with Crippen LogP contribution in [0.4, 0.5) is 11.5 Å². The van der Waals surface area contributed by atoms with E-state index < -0.39 is 0 Å². The predicted octanol–water partition coefficient (Wildman–Crippen LogP) is 1.50. The molecule has 1 aliphatic carbocycles. The molecule has 0 atom stereocenters. The highest BCUT2D eigenvalue weighted by molar-refractivity contribution is 5.94. The summed E-state index contributed by atoms with van der Waals surface area (Å²) in [5.41, 5.74) is 7.19. The third-order valence-corrected chi connectivity index (χ3v) is 4.02. The number of hydrogen-bond acceptors (Lipinski definition) is 5. The van der Waals surface area contributed by atoms with Crippen LogP contribution in [0.15, 0.2) is 36.7 Å². The quantitative estimate of drug-likeness (QED) is 0.707. The fourth-order valence-electron chi connectivity index (χ4n) is 2.60. The first-order chi connectivity index (χ1) is 11.6. The standard InChI is InChI=1S/C16H16N6O2/c17-12-3-4-13-11(7-12)5-6-22(13)15(23)9-21-8-14(19-20-21)18-16(24)10-1-2-10/h3-8,10H,1-2,9,17H2,(H,18,24). The van der Waals surface area contributed by atoms with Gasteiger partial charge >= 0.3 is 0 Å². The van der Waals surface area contributed by atoms with E-state index in [2.05, 4.69) is 15.6 Å². The Morgan fingerprint density at radius 2 is 2.12 bits per heavy atom. The fourth-order valence-corrected chi connectivity index (χ4v) is 2.60. The van der Waals surface area contributed by atoms with Crippen LogP contribution in [0.5, 0.6) is 0 Å². The lowest BCUT2D eigenvalue weighted by Gasteiger charge is -2.04. The molecule has 122 valence electrons. The van der Waals surface area contributed by atoms with Crippen LogP contribution in [0.1, 0.15) is 17.6 Å². The Labute approximate surface area is 137 Å². The average Bonchev–Trinajstić information content (AvgIpc) is 3.19. The number of benzene rings is 1. The summed E-state index contributed by atoms with van der Waals surface area (Å²) in [5, 5.41) is 11.4. The van der Waals surface area contributed by atoms with E-state index in [-0.39, 0.29) is 24.3 Å². The summed E-state index contributed by atoms with van der Waals surface area (Å²) in [7, 11) is 0. The highest BCUT2D eigenvalue weighted by atomic mass is 16.2. The van der Waals surface area contributed by atoms with Gasteiger partial charge < -0.3 is 11.1 Å². The van der Waals surface area contributed by atoms with Crippen molar-refractivity contribution in [1.29, 1.82) is 0 Å². The highest BCUT2D eigenvalue weighted by Gasteiger charge is 2.30. The zero-order valence-corrected chi connectivity index (χ0v) is 12.8. The Balaban J connectivity index is 1.49. The van der Waals surface area contributed by atoms with Crippen LogP contribution in [0, 0.1) is 5.92 Å². The molecule has 8 nitrogen and oxygen atoms in total. The molecule has 24 heavy (non-hydrogen) atoms. The van der Waals surface area contributed by atoms with E-state index in [1.54, 1.807) is 23.0 Å². The molecule has 1 aromatic carbocycles. The van der Waals surface area contributed by atoms with E-state index in [4.69, 9.17) is 5.73 Å². The number of hydrogen-bond donors (Lipinski definition) is 2. The van der Waals surface area contributed by atoms with Crippen LogP contribution in [0.2, 0.25) is 0 Å². The van der Waals surface area contributed by atoms with Gasteiger partial charge in [0.1, 0.15) is 6.54 Å². The molecule has 3 aromatic rings. The van der Waals surface area contributed by atoms with Crippen molar-refractivity contribution < 1.29 is 9.59 Å². The number of rotatable bonds is 4. The molecule has 1 amide bonds. The lowest BCUT2D eigenvalue weighted by Crippen LogP contribution is -2.17. The minimum atomic E-state index is -0.153. The molecule has 8 heteroatoms.